The van der Waals surface area contributed by atoms with Crippen LogP contribution in [-0.2, 0) is 19.1 Å². The molecule has 0 saturated carbocycles. The van der Waals surface area contributed by atoms with Crippen molar-refractivity contribution in [2.45, 2.75) is 136 Å². The van der Waals surface area contributed by atoms with Crippen molar-refractivity contribution in [1.82, 2.24) is 5.32 Å². The summed E-state index contributed by atoms with van der Waals surface area (Å²) in [4.78, 5) is 36.3. The van der Waals surface area contributed by atoms with E-state index in [0.717, 1.165) is 19.3 Å². The summed E-state index contributed by atoms with van der Waals surface area (Å²) in [6.45, 7) is 7.82. The zero-order chi connectivity index (χ0) is 23.5. The van der Waals surface area contributed by atoms with E-state index in [4.69, 9.17) is 4.74 Å². The van der Waals surface area contributed by atoms with E-state index in [0.29, 0.717) is 6.42 Å². The predicted molar refractivity (Wildman–Crippen MR) is 128 cm³/mol. The van der Waals surface area contributed by atoms with Crippen LogP contribution in [0.15, 0.2) is 0 Å². The van der Waals surface area contributed by atoms with Crippen LogP contribution in [0.1, 0.15) is 130 Å². The second kappa shape index (κ2) is 18.2. The lowest BCUT2D eigenvalue weighted by Gasteiger charge is -2.20. The van der Waals surface area contributed by atoms with Crippen molar-refractivity contribution in [3.8, 4) is 0 Å². The molecular formula is C26H49NO4. The molecule has 0 rings (SSSR count). The third-order valence-corrected chi connectivity index (χ3v) is 5.82. The van der Waals surface area contributed by atoms with Crippen LogP contribution in [0.2, 0.25) is 0 Å². The highest BCUT2D eigenvalue weighted by Crippen LogP contribution is 2.19. The van der Waals surface area contributed by atoms with Crippen molar-refractivity contribution in [1.29, 1.82) is 0 Å². The molecule has 0 unspecified atom stereocenters. The first-order valence-electron chi connectivity index (χ1n) is 12.6. The van der Waals surface area contributed by atoms with E-state index in [-0.39, 0.29) is 24.5 Å². The number of hydrogen-bond donors (Lipinski definition) is 1. The van der Waals surface area contributed by atoms with Gasteiger partial charge in [0.2, 0.25) is 5.91 Å². The lowest BCUT2D eigenvalue weighted by atomic mass is 9.87. The van der Waals surface area contributed by atoms with Gasteiger partial charge in [-0.1, -0.05) is 105 Å². The summed E-state index contributed by atoms with van der Waals surface area (Å²) in [5.41, 5.74) is -0.445. The number of ether oxygens (including phenoxy) is 1. The fraction of sp³-hybridized carbons (Fsp3) is 0.885. The number of unbranched alkanes of at least 4 members (excludes halogenated alkanes) is 12. The summed E-state index contributed by atoms with van der Waals surface area (Å²) in [5, 5.41) is 2.75. The normalized spacial score (nSPS) is 12.4. The quantitative estimate of drug-likeness (QED) is 0.184. The zero-order valence-corrected chi connectivity index (χ0v) is 21.0. The summed E-state index contributed by atoms with van der Waals surface area (Å²) in [6, 6.07) is -0.745. The van der Waals surface area contributed by atoms with Crippen LogP contribution in [0.5, 0.6) is 0 Å². The molecular weight excluding hydrogens is 390 g/mol. The fourth-order valence-corrected chi connectivity index (χ4v) is 3.61. The topological polar surface area (TPSA) is 72.5 Å². The molecule has 0 aromatic heterocycles. The smallest absolute Gasteiger partial charge is 0.328 e. The number of nitrogens with one attached hydrogen (secondary N) is 1. The molecule has 1 atom stereocenters. The van der Waals surface area contributed by atoms with Gasteiger partial charge in [-0.05, 0) is 12.8 Å². The monoisotopic (exact) mass is 439 g/mol. The van der Waals surface area contributed by atoms with Crippen molar-refractivity contribution in [2.75, 3.05) is 7.11 Å². The standard InChI is InChI=1S/C26H49NO4/c1-6-7-8-9-10-11-12-13-14-15-16-17-18-19-24(29)27-22(25(30)31-5)20-21-23(28)26(2,3)4/h22H,6-21H2,1-5H3,(H,27,29)/t22-/m0/s1. The Hall–Kier alpha value is -1.39. The minimum atomic E-state index is -0.745. The second-order valence-corrected chi connectivity index (χ2v) is 9.85. The summed E-state index contributed by atoms with van der Waals surface area (Å²) in [7, 11) is 1.31. The first-order chi connectivity index (χ1) is 14.7. The molecule has 5 heteroatoms. The van der Waals surface area contributed by atoms with Gasteiger partial charge >= 0.3 is 5.97 Å². The van der Waals surface area contributed by atoms with Crippen LogP contribution in [0.3, 0.4) is 0 Å². The molecule has 5 nitrogen and oxygen atoms in total. The lowest BCUT2D eigenvalue weighted by molar-refractivity contribution is -0.145. The van der Waals surface area contributed by atoms with Crippen LogP contribution >= 0.6 is 0 Å². The third-order valence-electron chi connectivity index (χ3n) is 5.82. The highest BCUT2D eigenvalue weighted by Gasteiger charge is 2.26. The molecule has 0 aliphatic rings. The number of ketones is 1. The Morgan fingerprint density at radius 3 is 1.61 bits per heavy atom. The predicted octanol–water partition coefficient (Wildman–Crippen LogP) is 6.52. The number of methoxy groups -OCH3 is 1. The van der Waals surface area contributed by atoms with Crippen LogP contribution in [0.4, 0.5) is 0 Å². The summed E-state index contributed by atoms with van der Waals surface area (Å²) in [5.74, 6) is -0.547. The Morgan fingerprint density at radius 2 is 1.19 bits per heavy atom. The first-order valence-corrected chi connectivity index (χ1v) is 12.6. The van der Waals surface area contributed by atoms with E-state index < -0.39 is 17.4 Å². The number of hydrogen-bond acceptors (Lipinski definition) is 4. The van der Waals surface area contributed by atoms with Gasteiger partial charge in [0.15, 0.2) is 0 Å². The van der Waals surface area contributed by atoms with E-state index in [9.17, 15) is 14.4 Å². The van der Waals surface area contributed by atoms with Gasteiger partial charge in [-0.25, -0.2) is 4.79 Å². The maximum Gasteiger partial charge on any atom is 0.328 e. The minimum Gasteiger partial charge on any atom is -0.467 e. The SMILES string of the molecule is CCCCCCCCCCCCCCCC(=O)N[C@@H](CCC(=O)C(C)(C)C)C(=O)OC. The van der Waals surface area contributed by atoms with E-state index in [1.54, 1.807) is 0 Å². The van der Waals surface area contributed by atoms with Crippen LogP contribution in [0, 0.1) is 5.41 Å². The van der Waals surface area contributed by atoms with Gasteiger partial charge in [0.1, 0.15) is 11.8 Å². The maximum atomic E-state index is 12.2. The Labute approximate surface area is 191 Å². The van der Waals surface area contributed by atoms with Gasteiger partial charge in [0.25, 0.3) is 0 Å². The van der Waals surface area contributed by atoms with Gasteiger partial charge in [0, 0.05) is 18.3 Å². The molecule has 0 aromatic carbocycles. The van der Waals surface area contributed by atoms with Crippen LogP contribution in [-0.4, -0.2) is 30.8 Å². The molecule has 0 spiro atoms. The minimum absolute atomic E-state index is 0.0761. The molecule has 0 bridgehead atoms. The highest BCUT2D eigenvalue weighted by atomic mass is 16.5. The Bertz CT molecular complexity index is 496. The summed E-state index contributed by atoms with van der Waals surface area (Å²) >= 11 is 0. The molecule has 0 heterocycles. The second-order valence-electron chi connectivity index (χ2n) is 9.85. The Balaban J connectivity index is 3.84. The Kier molecular flexibility index (Phi) is 17.4. The molecule has 0 radical (unpaired) electrons. The van der Waals surface area contributed by atoms with E-state index in [1.807, 2.05) is 20.8 Å². The lowest BCUT2D eigenvalue weighted by Crippen LogP contribution is -2.42. The third kappa shape index (κ3) is 16.9. The summed E-state index contributed by atoms with van der Waals surface area (Å²) < 4.78 is 4.79. The molecule has 0 aliphatic carbocycles. The molecule has 1 amide bonds. The van der Waals surface area contributed by atoms with Crippen LogP contribution < -0.4 is 5.32 Å². The van der Waals surface area contributed by atoms with Gasteiger partial charge in [-0.2, -0.15) is 0 Å². The number of carbonyl (C=O) groups is 3. The number of Topliss-reactive ketones (excluding diaryl/α,β-unsaturated/α-hetero) is 1. The molecule has 182 valence electrons. The van der Waals surface area contributed by atoms with Gasteiger partial charge in [-0.15, -0.1) is 0 Å². The summed E-state index contributed by atoms with van der Waals surface area (Å²) in [6.07, 6.45) is 17.4. The van der Waals surface area contributed by atoms with Crippen molar-refractivity contribution < 1.29 is 19.1 Å². The van der Waals surface area contributed by atoms with E-state index in [2.05, 4.69) is 12.2 Å². The molecule has 0 saturated heterocycles. The number of rotatable bonds is 19. The van der Waals surface area contributed by atoms with Crippen molar-refractivity contribution in [3.63, 3.8) is 0 Å². The highest BCUT2D eigenvalue weighted by molar-refractivity contribution is 5.87. The largest absolute Gasteiger partial charge is 0.467 e. The number of amides is 1. The average Bonchev–Trinajstić information content (AvgIpc) is 2.72. The molecule has 31 heavy (non-hydrogen) atoms. The maximum absolute atomic E-state index is 12.2. The van der Waals surface area contributed by atoms with E-state index >= 15 is 0 Å². The molecule has 0 fully saturated rings. The molecule has 0 aromatic rings. The fourth-order valence-electron chi connectivity index (χ4n) is 3.61. The number of esters is 1. The average molecular weight is 440 g/mol. The zero-order valence-electron chi connectivity index (χ0n) is 21.0. The van der Waals surface area contributed by atoms with Gasteiger partial charge in [0.05, 0.1) is 7.11 Å². The van der Waals surface area contributed by atoms with Crippen molar-refractivity contribution in [2.24, 2.45) is 5.41 Å². The first kappa shape index (κ1) is 29.6. The van der Waals surface area contributed by atoms with Crippen molar-refractivity contribution in [3.05, 3.63) is 0 Å². The van der Waals surface area contributed by atoms with Crippen molar-refractivity contribution >= 4 is 17.7 Å². The van der Waals surface area contributed by atoms with Crippen LogP contribution in [0.25, 0.3) is 0 Å². The Morgan fingerprint density at radius 1 is 0.742 bits per heavy atom. The van der Waals surface area contributed by atoms with Gasteiger partial charge < -0.3 is 10.1 Å². The van der Waals surface area contributed by atoms with Gasteiger partial charge in [-0.3, -0.25) is 9.59 Å². The molecule has 0 aliphatic heterocycles. The molecule has 1 N–H and O–H groups in total. The van der Waals surface area contributed by atoms with E-state index in [1.165, 1.54) is 71.3 Å². The number of carbonyl (C=O) groups excluding carboxylic acids is 3.